The van der Waals surface area contributed by atoms with Crippen molar-refractivity contribution in [2.45, 2.75) is 23.5 Å². The Labute approximate surface area is 131 Å². The highest BCUT2D eigenvalue weighted by Crippen LogP contribution is 2.38. The van der Waals surface area contributed by atoms with Crippen LogP contribution in [0.15, 0.2) is 59.5 Å². The molecule has 2 aromatic carbocycles. The summed E-state index contributed by atoms with van der Waals surface area (Å²) in [5.41, 5.74) is 2.38. The van der Waals surface area contributed by atoms with Gasteiger partial charge in [0.15, 0.2) is 0 Å². The average Bonchev–Trinajstić information content (AvgIpc) is 2.47. The molecule has 0 radical (unpaired) electrons. The van der Waals surface area contributed by atoms with Crippen LogP contribution in [0.4, 0.5) is 5.69 Å². The van der Waals surface area contributed by atoms with Gasteiger partial charge in [-0.2, -0.15) is 0 Å². The highest BCUT2D eigenvalue weighted by atomic mass is 32.2. The quantitative estimate of drug-likeness (QED) is 0.729. The van der Waals surface area contributed by atoms with Gasteiger partial charge in [0.25, 0.3) is 0 Å². The van der Waals surface area contributed by atoms with Crippen LogP contribution in [0.2, 0.25) is 0 Å². The van der Waals surface area contributed by atoms with Crippen LogP contribution in [0.3, 0.4) is 0 Å². The molecule has 3 heteroatoms. The van der Waals surface area contributed by atoms with Crippen molar-refractivity contribution >= 4 is 23.2 Å². The van der Waals surface area contributed by atoms with Gasteiger partial charge in [0.05, 0.1) is 0 Å². The summed E-state index contributed by atoms with van der Waals surface area (Å²) >= 11 is 1.75. The standard InChI is InChI=1S/C18H21NOS/c1-14(20)12-18(15-8-5-4-6-9-15)21-17-11-7-10-16(13-17)19(2)3/h4-11,13,18H,12H2,1-3H3. The van der Waals surface area contributed by atoms with Crippen LogP contribution in [-0.2, 0) is 4.79 Å². The van der Waals surface area contributed by atoms with Gasteiger partial charge in [-0.15, -0.1) is 11.8 Å². The Morgan fingerprint density at radius 1 is 1.10 bits per heavy atom. The average molecular weight is 299 g/mol. The fraction of sp³-hybridized carbons (Fsp3) is 0.278. The minimum atomic E-state index is 0.168. The molecule has 0 saturated heterocycles. The summed E-state index contributed by atoms with van der Waals surface area (Å²) in [5.74, 6) is 0.222. The molecule has 0 heterocycles. The van der Waals surface area contributed by atoms with E-state index in [9.17, 15) is 4.79 Å². The summed E-state index contributed by atoms with van der Waals surface area (Å²) in [6.45, 7) is 1.66. The molecular weight excluding hydrogens is 278 g/mol. The number of hydrogen-bond donors (Lipinski definition) is 0. The monoisotopic (exact) mass is 299 g/mol. The molecule has 0 aliphatic rings. The maximum absolute atomic E-state index is 11.6. The van der Waals surface area contributed by atoms with Gasteiger partial charge in [0.2, 0.25) is 0 Å². The van der Waals surface area contributed by atoms with E-state index in [-0.39, 0.29) is 11.0 Å². The lowest BCUT2D eigenvalue weighted by molar-refractivity contribution is -0.117. The topological polar surface area (TPSA) is 20.3 Å². The first-order valence-electron chi connectivity index (χ1n) is 7.04. The Morgan fingerprint density at radius 3 is 2.43 bits per heavy atom. The van der Waals surface area contributed by atoms with Crippen molar-refractivity contribution in [3.63, 3.8) is 0 Å². The molecule has 0 saturated carbocycles. The summed E-state index contributed by atoms with van der Waals surface area (Å²) in [7, 11) is 4.07. The van der Waals surface area contributed by atoms with E-state index in [1.807, 2.05) is 32.3 Å². The van der Waals surface area contributed by atoms with Crippen LogP contribution in [0.5, 0.6) is 0 Å². The number of carbonyl (C=O) groups excluding carboxylic acids is 1. The first-order valence-corrected chi connectivity index (χ1v) is 7.92. The normalized spacial score (nSPS) is 12.0. The van der Waals surface area contributed by atoms with Gasteiger partial charge in [-0.05, 0) is 30.7 Å². The summed E-state index contributed by atoms with van der Waals surface area (Å²) in [6.07, 6.45) is 0.556. The number of nitrogens with zero attached hydrogens (tertiary/aromatic N) is 1. The molecule has 0 aliphatic carbocycles. The highest BCUT2D eigenvalue weighted by Gasteiger charge is 2.15. The minimum absolute atomic E-state index is 0.168. The van der Waals surface area contributed by atoms with Crippen molar-refractivity contribution in [1.29, 1.82) is 0 Å². The number of ketones is 1. The fourth-order valence-corrected chi connectivity index (χ4v) is 3.44. The smallest absolute Gasteiger partial charge is 0.131 e. The Morgan fingerprint density at radius 2 is 1.81 bits per heavy atom. The number of Topliss-reactive ketones (excluding diaryl/α,β-unsaturated/α-hetero) is 1. The first-order chi connectivity index (χ1) is 10.1. The predicted octanol–water partition coefficient (Wildman–Crippen LogP) is 4.57. The largest absolute Gasteiger partial charge is 0.378 e. The van der Waals surface area contributed by atoms with Crippen LogP contribution in [-0.4, -0.2) is 19.9 Å². The van der Waals surface area contributed by atoms with E-state index >= 15 is 0 Å². The first kappa shape index (κ1) is 15.6. The second kappa shape index (κ2) is 7.32. The highest BCUT2D eigenvalue weighted by molar-refractivity contribution is 7.99. The van der Waals surface area contributed by atoms with Crippen molar-refractivity contribution in [3.8, 4) is 0 Å². The predicted molar refractivity (Wildman–Crippen MR) is 91.1 cm³/mol. The molecule has 0 aromatic heterocycles. The van der Waals surface area contributed by atoms with Crippen molar-refractivity contribution in [2.75, 3.05) is 19.0 Å². The van der Waals surface area contributed by atoms with Crippen LogP contribution < -0.4 is 4.90 Å². The van der Waals surface area contributed by atoms with Crippen molar-refractivity contribution in [2.24, 2.45) is 0 Å². The zero-order valence-corrected chi connectivity index (χ0v) is 13.6. The number of hydrogen-bond acceptors (Lipinski definition) is 3. The molecule has 0 amide bonds. The number of carbonyl (C=O) groups is 1. The van der Waals surface area contributed by atoms with E-state index < -0.39 is 0 Å². The van der Waals surface area contributed by atoms with E-state index in [4.69, 9.17) is 0 Å². The molecule has 0 fully saturated rings. The van der Waals surface area contributed by atoms with Crippen molar-refractivity contribution in [1.82, 2.24) is 0 Å². The van der Waals surface area contributed by atoms with Gasteiger partial charge < -0.3 is 4.90 Å². The zero-order valence-electron chi connectivity index (χ0n) is 12.7. The SMILES string of the molecule is CC(=O)CC(Sc1cccc(N(C)C)c1)c1ccccc1. The lowest BCUT2D eigenvalue weighted by atomic mass is 10.1. The van der Waals surface area contributed by atoms with Gasteiger partial charge in [-0.3, -0.25) is 4.79 Å². The number of benzene rings is 2. The molecule has 1 unspecified atom stereocenters. The molecule has 2 aromatic rings. The Kier molecular flexibility index (Phi) is 5.45. The lowest BCUT2D eigenvalue weighted by Crippen LogP contribution is -2.08. The molecule has 110 valence electrons. The number of rotatable bonds is 6. The zero-order chi connectivity index (χ0) is 15.2. The van der Waals surface area contributed by atoms with E-state index in [1.54, 1.807) is 18.7 Å². The Hall–Kier alpha value is -1.74. The number of thioether (sulfide) groups is 1. The second-order valence-electron chi connectivity index (χ2n) is 5.32. The lowest BCUT2D eigenvalue weighted by Gasteiger charge is -2.18. The van der Waals surface area contributed by atoms with Gasteiger partial charge in [0.1, 0.15) is 5.78 Å². The molecule has 0 spiro atoms. The van der Waals surface area contributed by atoms with Crippen LogP contribution in [0.25, 0.3) is 0 Å². The van der Waals surface area contributed by atoms with Gasteiger partial charge in [-0.25, -0.2) is 0 Å². The molecule has 0 bridgehead atoms. The molecule has 1 atom stereocenters. The van der Waals surface area contributed by atoms with Gasteiger partial charge >= 0.3 is 0 Å². The van der Waals surface area contributed by atoms with E-state index in [0.29, 0.717) is 6.42 Å². The van der Waals surface area contributed by atoms with Crippen LogP contribution >= 0.6 is 11.8 Å². The molecule has 0 N–H and O–H groups in total. The van der Waals surface area contributed by atoms with Crippen LogP contribution in [0.1, 0.15) is 24.2 Å². The number of anilines is 1. The van der Waals surface area contributed by atoms with E-state index in [0.717, 1.165) is 0 Å². The van der Waals surface area contributed by atoms with E-state index in [1.165, 1.54) is 16.1 Å². The molecule has 0 aliphatic heterocycles. The second-order valence-corrected chi connectivity index (χ2v) is 6.59. The summed E-state index contributed by atoms with van der Waals surface area (Å²) < 4.78 is 0. The molecule has 21 heavy (non-hydrogen) atoms. The maximum Gasteiger partial charge on any atom is 0.131 e. The summed E-state index contributed by atoms with van der Waals surface area (Å²) in [6, 6.07) is 18.7. The van der Waals surface area contributed by atoms with Gasteiger partial charge in [-0.1, -0.05) is 36.4 Å². The fourth-order valence-electron chi connectivity index (χ4n) is 2.16. The molecule has 2 nitrogen and oxygen atoms in total. The third-order valence-corrected chi connectivity index (χ3v) is 4.51. The minimum Gasteiger partial charge on any atom is -0.378 e. The molecular formula is C18H21NOS. The third-order valence-electron chi connectivity index (χ3n) is 3.26. The Balaban J connectivity index is 2.23. The third kappa shape index (κ3) is 4.64. The Bertz CT molecular complexity index is 595. The summed E-state index contributed by atoms with van der Waals surface area (Å²) in [4.78, 5) is 14.9. The van der Waals surface area contributed by atoms with Crippen LogP contribution in [0, 0.1) is 0 Å². The molecule has 2 rings (SSSR count). The van der Waals surface area contributed by atoms with Crippen molar-refractivity contribution < 1.29 is 4.79 Å². The van der Waals surface area contributed by atoms with Crippen molar-refractivity contribution in [3.05, 3.63) is 60.2 Å². The van der Waals surface area contributed by atoms with E-state index in [2.05, 4.69) is 41.3 Å². The van der Waals surface area contributed by atoms with Gasteiger partial charge in [0, 0.05) is 36.3 Å². The summed E-state index contributed by atoms with van der Waals surface area (Å²) in [5, 5.41) is 0.168. The maximum atomic E-state index is 11.6.